The zero-order valence-electron chi connectivity index (χ0n) is 16.5. The lowest BCUT2D eigenvalue weighted by Crippen LogP contribution is -2.41. The molecule has 1 unspecified atom stereocenters. The van der Waals surface area contributed by atoms with Gasteiger partial charge in [0.2, 0.25) is 5.91 Å². The Morgan fingerprint density at radius 3 is 2.52 bits per heavy atom. The molecule has 0 aromatic heterocycles. The summed E-state index contributed by atoms with van der Waals surface area (Å²) < 4.78 is 16.4. The van der Waals surface area contributed by atoms with Crippen LogP contribution >= 0.6 is 0 Å². The van der Waals surface area contributed by atoms with Gasteiger partial charge in [0.15, 0.2) is 11.5 Å². The highest BCUT2D eigenvalue weighted by atomic mass is 16.6. The molecule has 8 nitrogen and oxygen atoms in total. The minimum absolute atomic E-state index is 0.146. The van der Waals surface area contributed by atoms with Gasteiger partial charge in [0, 0.05) is 5.69 Å². The minimum atomic E-state index is -0.436. The molecule has 0 aliphatic carbocycles. The van der Waals surface area contributed by atoms with Crippen molar-refractivity contribution in [3.8, 4) is 17.2 Å². The molecule has 0 radical (unpaired) electrons. The predicted octanol–water partition coefficient (Wildman–Crippen LogP) is 2.86. The fourth-order valence-electron chi connectivity index (χ4n) is 2.83. The highest BCUT2D eigenvalue weighted by Crippen LogP contribution is 2.32. The van der Waals surface area contributed by atoms with Crippen molar-refractivity contribution < 1.29 is 23.8 Å². The Bertz CT molecular complexity index is 854. The van der Waals surface area contributed by atoms with Gasteiger partial charge in [-0.3, -0.25) is 4.79 Å². The first kappa shape index (κ1) is 20.3. The van der Waals surface area contributed by atoms with Crippen LogP contribution in [0.5, 0.6) is 17.2 Å². The Morgan fingerprint density at radius 2 is 1.79 bits per heavy atom. The van der Waals surface area contributed by atoms with Crippen molar-refractivity contribution in [3.63, 3.8) is 0 Å². The van der Waals surface area contributed by atoms with Crippen LogP contribution in [0.25, 0.3) is 0 Å². The van der Waals surface area contributed by atoms with E-state index in [0.717, 1.165) is 11.3 Å². The molecule has 0 spiro atoms. The van der Waals surface area contributed by atoms with E-state index in [1.54, 1.807) is 24.3 Å². The van der Waals surface area contributed by atoms with E-state index in [-0.39, 0.29) is 18.5 Å². The first-order valence-electron chi connectivity index (χ1n) is 9.51. The van der Waals surface area contributed by atoms with E-state index in [0.29, 0.717) is 37.0 Å². The Balaban J connectivity index is 1.44. The quantitative estimate of drug-likeness (QED) is 0.665. The number of nitrogens with one attached hydrogen (secondary N) is 3. The van der Waals surface area contributed by atoms with Crippen LogP contribution in [-0.2, 0) is 4.79 Å². The SMILES string of the molecule is CCOc1ccc(NC(=O)CNC(=O)NC(C)c2ccc3c(c2)OCCO3)cc1. The average molecular weight is 399 g/mol. The third-order valence-corrected chi connectivity index (χ3v) is 4.27. The van der Waals surface area contributed by atoms with Crippen LogP contribution in [0.3, 0.4) is 0 Å². The fraction of sp³-hybridized carbons (Fsp3) is 0.333. The first-order valence-corrected chi connectivity index (χ1v) is 9.51. The van der Waals surface area contributed by atoms with Crippen molar-refractivity contribution in [1.82, 2.24) is 10.6 Å². The molecule has 3 N–H and O–H groups in total. The molecule has 0 saturated carbocycles. The largest absolute Gasteiger partial charge is 0.494 e. The van der Waals surface area contributed by atoms with Gasteiger partial charge in [-0.25, -0.2) is 4.79 Å². The van der Waals surface area contributed by atoms with Gasteiger partial charge < -0.3 is 30.2 Å². The lowest BCUT2D eigenvalue weighted by atomic mass is 10.1. The summed E-state index contributed by atoms with van der Waals surface area (Å²) in [5.74, 6) is 1.77. The standard InChI is InChI=1S/C21H25N3O5/c1-3-27-17-7-5-16(6-8-17)24-20(25)13-22-21(26)23-14(2)15-4-9-18-19(12-15)29-11-10-28-18/h4-9,12,14H,3,10-11,13H2,1-2H3,(H,24,25)(H2,22,23,26). The molecule has 2 aromatic carbocycles. The average Bonchev–Trinajstić information content (AvgIpc) is 2.73. The molecule has 29 heavy (non-hydrogen) atoms. The third kappa shape index (κ3) is 5.78. The zero-order valence-corrected chi connectivity index (χ0v) is 16.5. The Labute approximate surface area is 169 Å². The Morgan fingerprint density at radius 1 is 1.07 bits per heavy atom. The predicted molar refractivity (Wildman–Crippen MR) is 109 cm³/mol. The molecular formula is C21H25N3O5. The number of anilines is 1. The number of carbonyl (C=O) groups excluding carboxylic acids is 2. The highest BCUT2D eigenvalue weighted by molar-refractivity contribution is 5.94. The van der Waals surface area contributed by atoms with E-state index in [2.05, 4.69) is 16.0 Å². The van der Waals surface area contributed by atoms with Gasteiger partial charge in [-0.05, 0) is 55.8 Å². The summed E-state index contributed by atoms with van der Waals surface area (Å²) in [6, 6.07) is 11.9. The molecule has 3 rings (SSSR count). The zero-order chi connectivity index (χ0) is 20.6. The van der Waals surface area contributed by atoms with Crippen molar-refractivity contribution in [2.45, 2.75) is 19.9 Å². The van der Waals surface area contributed by atoms with Crippen LogP contribution in [0, 0.1) is 0 Å². The molecule has 154 valence electrons. The number of carbonyl (C=O) groups is 2. The van der Waals surface area contributed by atoms with Crippen LogP contribution in [-0.4, -0.2) is 38.3 Å². The van der Waals surface area contributed by atoms with E-state index in [4.69, 9.17) is 14.2 Å². The maximum Gasteiger partial charge on any atom is 0.315 e. The molecule has 2 aromatic rings. The minimum Gasteiger partial charge on any atom is -0.494 e. The van der Waals surface area contributed by atoms with E-state index >= 15 is 0 Å². The molecular weight excluding hydrogens is 374 g/mol. The van der Waals surface area contributed by atoms with Crippen LogP contribution in [0.1, 0.15) is 25.5 Å². The lowest BCUT2D eigenvalue weighted by molar-refractivity contribution is -0.115. The van der Waals surface area contributed by atoms with Crippen molar-refractivity contribution in [2.24, 2.45) is 0 Å². The molecule has 0 saturated heterocycles. The van der Waals surface area contributed by atoms with Crippen molar-refractivity contribution in [3.05, 3.63) is 48.0 Å². The van der Waals surface area contributed by atoms with Gasteiger partial charge in [-0.2, -0.15) is 0 Å². The number of hydrogen-bond acceptors (Lipinski definition) is 5. The van der Waals surface area contributed by atoms with Crippen molar-refractivity contribution in [1.29, 1.82) is 0 Å². The normalized spacial score (nSPS) is 13.2. The maximum atomic E-state index is 12.1. The second-order valence-electron chi connectivity index (χ2n) is 6.46. The van der Waals surface area contributed by atoms with Crippen molar-refractivity contribution >= 4 is 17.6 Å². The van der Waals surface area contributed by atoms with Gasteiger partial charge >= 0.3 is 6.03 Å². The highest BCUT2D eigenvalue weighted by Gasteiger charge is 2.16. The smallest absolute Gasteiger partial charge is 0.315 e. The van der Waals surface area contributed by atoms with E-state index in [1.807, 2.05) is 32.0 Å². The van der Waals surface area contributed by atoms with Gasteiger partial charge in [-0.1, -0.05) is 6.07 Å². The number of fused-ring (bicyclic) bond motifs is 1. The van der Waals surface area contributed by atoms with E-state index in [9.17, 15) is 9.59 Å². The number of urea groups is 1. The summed E-state index contributed by atoms with van der Waals surface area (Å²) in [6.45, 7) is 5.22. The van der Waals surface area contributed by atoms with Crippen LogP contribution < -0.4 is 30.2 Å². The van der Waals surface area contributed by atoms with Gasteiger partial charge in [0.25, 0.3) is 0 Å². The molecule has 3 amide bonds. The summed E-state index contributed by atoms with van der Waals surface area (Å²) in [5, 5.41) is 8.07. The number of benzene rings is 2. The van der Waals surface area contributed by atoms with Gasteiger partial charge in [0.05, 0.1) is 19.2 Å². The monoisotopic (exact) mass is 399 g/mol. The van der Waals surface area contributed by atoms with Gasteiger partial charge in [-0.15, -0.1) is 0 Å². The maximum absolute atomic E-state index is 12.1. The molecule has 1 atom stereocenters. The number of amides is 3. The fourth-order valence-corrected chi connectivity index (χ4v) is 2.83. The molecule has 1 heterocycles. The van der Waals surface area contributed by atoms with Crippen LogP contribution in [0.2, 0.25) is 0 Å². The number of ether oxygens (including phenoxy) is 3. The Kier molecular flexibility index (Phi) is 6.78. The van der Waals surface area contributed by atoms with E-state index < -0.39 is 6.03 Å². The molecule has 8 heteroatoms. The summed E-state index contributed by atoms with van der Waals surface area (Å²) in [4.78, 5) is 24.1. The number of rotatable bonds is 7. The summed E-state index contributed by atoms with van der Waals surface area (Å²) in [7, 11) is 0. The van der Waals surface area contributed by atoms with Crippen LogP contribution in [0.15, 0.2) is 42.5 Å². The number of hydrogen-bond donors (Lipinski definition) is 3. The molecule has 0 bridgehead atoms. The van der Waals surface area contributed by atoms with Crippen LogP contribution in [0.4, 0.5) is 10.5 Å². The summed E-state index contributed by atoms with van der Waals surface area (Å²) >= 11 is 0. The first-order chi connectivity index (χ1) is 14.0. The van der Waals surface area contributed by atoms with E-state index in [1.165, 1.54) is 0 Å². The van der Waals surface area contributed by atoms with Gasteiger partial charge in [0.1, 0.15) is 19.0 Å². The second-order valence-corrected chi connectivity index (χ2v) is 6.46. The topological polar surface area (TPSA) is 97.9 Å². The molecule has 0 fully saturated rings. The lowest BCUT2D eigenvalue weighted by Gasteiger charge is -2.21. The second kappa shape index (κ2) is 9.68. The Hall–Kier alpha value is -3.42. The molecule has 1 aliphatic heterocycles. The van der Waals surface area contributed by atoms with Crippen molar-refractivity contribution in [2.75, 3.05) is 31.7 Å². The summed E-state index contributed by atoms with van der Waals surface area (Å²) in [6.07, 6.45) is 0. The third-order valence-electron chi connectivity index (χ3n) is 4.27. The summed E-state index contributed by atoms with van der Waals surface area (Å²) in [5.41, 5.74) is 1.51. The molecule has 1 aliphatic rings.